The summed E-state index contributed by atoms with van der Waals surface area (Å²) in [5.41, 5.74) is -0.433. The third kappa shape index (κ3) is 6.25. The number of rotatable bonds is 4. The van der Waals surface area contributed by atoms with E-state index in [1.54, 1.807) is 0 Å². The summed E-state index contributed by atoms with van der Waals surface area (Å²) in [6.45, 7) is 11.1. The Bertz CT molecular complexity index is 408. The minimum Gasteiger partial charge on any atom is -0.444 e. The summed E-state index contributed by atoms with van der Waals surface area (Å²) in [4.78, 5) is 14.3. The second-order valence-electron chi connectivity index (χ2n) is 8.84. The molecule has 4 atom stereocenters. The standard InChI is InChI=1S/C19H37N3O2/c1-14-13-22(5)11-10-16(14)21-17-9-7-6-8-15(17)12-20-18(23)24-19(2,3)4/h14-17,21H,6-13H2,1-5H3,(H,20,23). The highest BCUT2D eigenvalue weighted by Crippen LogP contribution is 2.26. The zero-order chi connectivity index (χ0) is 17.7. The van der Waals surface area contributed by atoms with Gasteiger partial charge in [0.05, 0.1) is 0 Å². The van der Waals surface area contributed by atoms with Crippen molar-refractivity contribution in [2.24, 2.45) is 11.8 Å². The molecule has 0 aromatic heterocycles. The Morgan fingerprint density at radius 1 is 1.17 bits per heavy atom. The predicted octanol–water partition coefficient (Wildman–Crippen LogP) is 3.00. The van der Waals surface area contributed by atoms with Gasteiger partial charge < -0.3 is 20.3 Å². The molecule has 0 radical (unpaired) electrons. The highest BCUT2D eigenvalue weighted by molar-refractivity contribution is 5.67. The van der Waals surface area contributed by atoms with Crippen molar-refractivity contribution in [3.05, 3.63) is 0 Å². The van der Waals surface area contributed by atoms with E-state index in [0.717, 1.165) is 0 Å². The van der Waals surface area contributed by atoms with Gasteiger partial charge in [-0.25, -0.2) is 4.79 Å². The van der Waals surface area contributed by atoms with Crippen molar-refractivity contribution in [1.82, 2.24) is 15.5 Å². The second kappa shape index (κ2) is 8.52. The Morgan fingerprint density at radius 2 is 1.88 bits per heavy atom. The molecule has 0 aromatic carbocycles. The number of ether oxygens (including phenoxy) is 1. The first kappa shape index (κ1) is 19.5. The molecule has 1 saturated carbocycles. The van der Waals surface area contributed by atoms with E-state index in [1.807, 2.05) is 20.8 Å². The smallest absolute Gasteiger partial charge is 0.407 e. The molecule has 5 heteroatoms. The van der Waals surface area contributed by atoms with Crippen LogP contribution in [0, 0.1) is 11.8 Å². The molecule has 5 nitrogen and oxygen atoms in total. The van der Waals surface area contributed by atoms with Crippen LogP contribution in [0.25, 0.3) is 0 Å². The number of hydrogen-bond donors (Lipinski definition) is 2. The van der Waals surface area contributed by atoms with Crippen LogP contribution in [0.3, 0.4) is 0 Å². The number of amides is 1. The molecular weight excluding hydrogens is 302 g/mol. The van der Waals surface area contributed by atoms with Crippen LogP contribution in [0.1, 0.15) is 59.8 Å². The van der Waals surface area contributed by atoms with Crippen LogP contribution in [0.4, 0.5) is 4.79 Å². The van der Waals surface area contributed by atoms with E-state index in [-0.39, 0.29) is 6.09 Å². The number of nitrogens with one attached hydrogen (secondary N) is 2. The van der Waals surface area contributed by atoms with Gasteiger partial charge in [-0.1, -0.05) is 19.8 Å². The number of nitrogens with zero attached hydrogens (tertiary/aromatic N) is 1. The van der Waals surface area contributed by atoms with Gasteiger partial charge in [0.25, 0.3) is 0 Å². The molecule has 2 N–H and O–H groups in total. The maximum atomic E-state index is 11.9. The summed E-state index contributed by atoms with van der Waals surface area (Å²) in [5.74, 6) is 1.20. The summed E-state index contributed by atoms with van der Waals surface area (Å²) in [7, 11) is 2.21. The van der Waals surface area contributed by atoms with Gasteiger partial charge in [-0.15, -0.1) is 0 Å². The molecule has 24 heavy (non-hydrogen) atoms. The SMILES string of the molecule is CC1CN(C)CCC1NC1CCCCC1CNC(=O)OC(C)(C)C. The third-order valence-corrected chi connectivity index (χ3v) is 5.35. The maximum absolute atomic E-state index is 11.9. The molecule has 0 aromatic rings. The summed E-state index contributed by atoms with van der Waals surface area (Å²) in [6.07, 6.45) is 5.90. The zero-order valence-corrected chi connectivity index (χ0v) is 16.2. The van der Waals surface area contributed by atoms with E-state index in [1.165, 1.54) is 45.2 Å². The molecule has 1 heterocycles. The number of alkyl carbamates (subject to hydrolysis) is 1. The van der Waals surface area contributed by atoms with Crippen LogP contribution in [-0.4, -0.2) is 55.4 Å². The number of carbonyl (C=O) groups is 1. The maximum Gasteiger partial charge on any atom is 0.407 e. The lowest BCUT2D eigenvalue weighted by Gasteiger charge is -2.41. The van der Waals surface area contributed by atoms with Crippen molar-refractivity contribution < 1.29 is 9.53 Å². The summed E-state index contributed by atoms with van der Waals surface area (Å²) >= 11 is 0. The van der Waals surface area contributed by atoms with E-state index in [4.69, 9.17) is 4.74 Å². The molecule has 0 bridgehead atoms. The number of piperidine rings is 1. The summed E-state index contributed by atoms with van der Waals surface area (Å²) < 4.78 is 5.37. The quantitative estimate of drug-likeness (QED) is 0.827. The lowest BCUT2D eigenvalue weighted by atomic mass is 9.82. The molecule has 4 unspecified atom stereocenters. The van der Waals surface area contributed by atoms with Crippen LogP contribution in [0.2, 0.25) is 0 Å². The first-order chi connectivity index (χ1) is 11.2. The lowest BCUT2D eigenvalue weighted by molar-refractivity contribution is 0.0507. The Kier molecular flexibility index (Phi) is 6.93. The first-order valence-corrected chi connectivity index (χ1v) is 9.66. The average Bonchev–Trinajstić information content (AvgIpc) is 2.47. The van der Waals surface area contributed by atoms with Crippen molar-refractivity contribution in [3.8, 4) is 0 Å². The van der Waals surface area contributed by atoms with E-state index in [9.17, 15) is 4.79 Å². The number of carbonyl (C=O) groups excluding carboxylic acids is 1. The fourth-order valence-corrected chi connectivity index (χ4v) is 4.08. The molecule has 1 saturated heterocycles. The molecule has 2 rings (SSSR count). The largest absolute Gasteiger partial charge is 0.444 e. The molecule has 2 aliphatic rings. The monoisotopic (exact) mass is 339 g/mol. The average molecular weight is 340 g/mol. The van der Waals surface area contributed by atoms with Gasteiger partial charge in [0.15, 0.2) is 0 Å². The van der Waals surface area contributed by atoms with Crippen molar-refractivity contribution in [1.29, 1.82) is 0 Å². The summed E-state index contributed by atoms with van der Waals surface area (Å²) in [5, 5.41) is 6.92. The topological polar surface area (TPSA) is 53.6 Å². The third-order valence-electron chi connectivity index (χ3n) is 5.35. The van der Waals surface area contributed by atoms with Crippen molar-refractivity contribution >= 4 is 6.09 Å². The Hall–Kier alpha value is -0.810. The molecule has 140 valence electrons. The van der Waals surface area contributed by atoms with Crippen LogP contribution in [0.5, 0.6) is 0 Å². The number of hydrogen-bond acceptors (Lipinski definition) is 4. The summed E-state index contributed by atoms with van der Waals surface area (Å²) in [6, 6.07) is 1.12. The van der Waals surface area contributed by atoms with Crippen molar-refractivity contribution in [3.63, 3.8) is 0 Å². The fourth-order valence-electron chi connectivity index (χ4n) is 4.08. The van der Waals surface area contributed by atoms with Crippen LogP contribution in [0.15, 0.2) is 0 Å². The van der Waals surface area contributed by atoms with Crippen molar-refractivity contribution in [2.45, 2.75) is 77.5 Å². The van der Waals surface area contributed by atoms with Crippen molar-refractivity contribution in [2.75, 3.05) is 26.7 Å². The highest BCUT2D eigenvalue weighted by Gasteiger charge is 2.31. The molecule has 1 amide bonds. The van der Waals surface area contributed by atoms with Gasteiger partial charge in [0.1, 0.15) is 5.60 Å². The van der Waals surface area contributed by atoms with Gasteiger partial charge in [-0.2, -0.15) is 0 Å². The first-order valence-electron chi connectivity index (χ1n) is 9.66. The van der Waals surface area contributed by atoms with Gasteiger partial charge in [0, 0.05) is 25.2 Å². The van der Waals surface area contributed by atoms with E-state index in [2.05, 4.69) is 29.5 Å². The molecule has 2 fully saturated rings. The Balaban J connectivity index is 1.83. The zero-order valence-electron chi connectivity index (χ0n) is 16.2. The molecular formula is C19H37N3O2. The molecule has 0 spiro atoms. The minimum atomic E-state index is -0.433. The Morgan fingerprint density at radius 3 is 2.54 bits per heavy atom. The minimum absolute atomic E-state index is 0.292. The Labute approximate surface area is 147 Å². The van der Waals surface area contributed by atoms with E-state index in [0.29, 0.717) is 30.5 Å². The molecule has 1 aliphatic heterocycles. The molecule has 1 aliphatic carbocycles. The predicted molar refractivity (Wildman–Crippen MR) is 98.2 cm³/mol. The van der Waals surface area contributed by atoms with E-state index >= 15 is 0 Å². The second-order valence-corrected chi connectivity index (χ2v) is 8.84. The van der Waals surface area contributed by atoms with E-state index < -0.39 is 5.60 Å². The van der Waals surface area contributed by atoms with Crippen LogP contribution < -0.4 is 10.6 Å². The van der Waals surface area contributed by atoms with Crippen LogP contribution in [-0.2, 0) is 4.74 Å². The fraction of sp³-hybridized carbons (Fsp3) is 0.947. The normalized spacial score (nSPS) is 32.4. The lowest BCUT2D eigenvalue weighted by Crippen LogP contribution is -2.54. The van der Waals surface area contributed by atoms with Gasteiger partial charge >= 0.3 is 6.09 Å². The van der Waals surface area contributed by atoms with Gasteiger partial charge in [0.2, 0.25) is 0 Å². The van der Waals surface area contributed by atoms with Gasteiger partial charge in [-0.3, -0.25) is 0 Å². The van der Waals surface area contributed by atoms with Gasteiger partial charge in [-0.05, 0) is 65.5 Å². The van der Waals surface area contributed by atoms with Crippen LogP contribution >= 0.6 is 0 Å². The number of likely N-dealkylation sites (tertiary alicyclic amines) is 1. The highest BCUT2D eigenvalue weighted by atomic mass is 16.6.